The molecule has 21 heavy (non-hydrogen) atoms. The molecule has 0 amide bonds. The normalized spacial score (nSPS) is 10.4. The number of hydrogen-bond donors (Lipinski definition) is 0. The Morgan fingerprint density at radius 3 is 2.86 bits per heavy atom. The first kappa shape index (κ1) is 14.6. The van der Waals surface area contributed by atoms with E-state index in [4.69, 9.17) is 0 Å². The number of aryl methyl sites for hydroxylation is 1. The van der Waals surface area contributed by atoms with Crippen molar-refractivity contribution in [1.82, 2.24) is 14.5 Å². The molecule has 0 fully saturated rings. The maximum atomic E-state index is 11.5. The highest BCUT2D eigenvalue weighted by Crippen LogP contribution is 2.23. The monoisotopic (exact) mass is 290 g/mol. The molecule has 0 aliphatic heterocycles. The molecule has 8 heteroatoms. The first-order chi connectivity index (χ1) is 10.1. The zero-order valence-corrected chi connectivity index (χ0v) is 11.6. The third kappa shape index (κ3) is 2.88. The Hall–Kier alpha value is -2.77. The molecule has 0 spiro atoms. The van der Waals surface area contributed by atoms with Gasteiger partial charge in [0.05, 0.1) is 12.0 Å². The third-order valence-electron chi connectivity index (χ3n) is 2.86. The van der Waals surface area contributed by atoms with E-state index in [1.165, 1.54) is 23.8 Å². The summed E-state index contributed by atoms with van der Waals surface area (Å²) in [5.41, 5.74) is -0.188. The van der Waals surface area contributed by atoms with E-state index in [-0.39, 0.29) is 17.2 Å². The summed E-state index contributed by atoms with van der Waals surface area (Å²) in [6, 6.07) is 2.51. The number of rotatable bonds is 5. The number of ether oxygens (including phenoxy) is 1. The van der Waals surface area contributed by atoms with E-state index in [1.54, 1.807) is 12.4 Å². The van der Waals surface area contributed by atoms with Crippen LogP contribution in [0.3, 0.4) is 0 Å². The van der Waals surface area contributed by atoms with Crippen molar-refractivity contribution in [3.63, 3.8) is 0 Å². The van der Waals surface area contributed by atoms with Gasteiger partial charge in [-0.3, -0.25) is 14.7 Å². The molecule has 8 nitrogen and oxygen atoms in total. The van der Waals surface area contributed by atoms with Gasteiger partial charge in [0.1, 0.15) is 5.82 Å². The summed E-state index contributed by atoms with van der Waals surface area (Å²) in [6.07, 6.45) is 4.61. The second-order valence-corrected chi connectivity index (χ2v) is 4.25. The molecule has 2 aromatic rings. The molecule has 0 aromatic carbocycles. The molecule has 2 heterocycles. The lowest BCUT2D eigenvalue weighted by Gasteiger charge is -2.08. The molecule has 0 saturated carbocycles. The first-order valence-electron chi connectivity index (χ1n) is 6.34. The van der Waals surface area contributed by atoms with E-state index in [0.29, 0.717) is 12.2 Å². The van der Waals surface area contributed by atoms with Gasteiger partial charge >= 0.3 is 11.7 Å². The minimum Gasteiger partial charge on any atom is -0.464 e. The maximum Gasteiger partial charge on any atom is 0.356 e. The van der Waals surface area contributed by atoms with Crippen molar-refractivity contribution < 1.29 is 14.5 Å². The zero-order chi connectivity index (χ0) is 15.4. The third-order valence-corrected chi connectivity index (χ3v) is 2.86. The number of esters is 1. The molecule has 2 rings (SSSR count). The molecule has 0 unspecified atom stereocenters. The fourth-order valence-corrected chi connectivity index (χ4v) is 1.91. The van der Waals surface area contributed by atoms with Crippen LogP contribution in [-0.4, -0.2) is 32.5 Å². The van der Waals surface area contributed by atoms with Crippen LogP contribution in [0.25, 0.3) is 5.82 Å². The lowest BCUT2D eigenvalue weighted by Crippen LogP contribution is -2.11. The van der Waals surface area contributed by atoms with Gasteiger partial charge in [0, 0.05) is 24.9 Å². The smallest absolute Gasteiger partial charge is 0.356 e. The van der Waals surface area contributed by atoms with Crippen LogP contribution in [0.5, 0.6) is 0 Å². The van der Waals surface area contributed by atoms with Gasteiger partial charge in [-0.2, -0.15) is 0 Å². The first-order valence-corrected chi connectivity index (χ1v) is 6.34. The van der Waals surface area contributed by atoms with Crippen LogP contribution in [0.1, 0.15) is 29.7 Å². The molecule has 0 N–H and O–H groups in total. The standard InChI is InChI=1S/C13H14N4O4/c1-3-4-11-14-7-8-16(11)12-10(17(19)20)6-5-9(15-12)13(18)21-2/h5-8H,3-4H2,1-2H3. The number of nitrogens with zero attached hydrogens (tertiary/aromatic N) is 4. The quantitative estimate of drug-likeness (QED) is 0.473. The van der Waals surface area contributed by atoms with Gasteiger partial charge < -0.3 is 4.74 Å². The second kappa shape index (κ2) is 6.12. The summed E-state index contributed by atoms with van der Waals surface area (Å²) in [5, 5.41) is 11.2. The van der Waals surface area contributed by atoms with Crippen molar-refractivity contribution >= 4 is 11.7 Å². The second-order valence-electron chi connectivity index (χ2n) is 4.25. The molecule has 0 radical (unpaired) electrons. The lowest BCUT2D eigenvalue weighted by atomic mass is 10.3. The molecule has 0 aliphatic rings. The van der Waals surface area contributed by atoms with Crippen LogP contribution in [0.4, 0.5) is 5.69 Å². The van der Waals surface area contributed by atoms with Crippen molar-refractivity contribution in [3.05, 3.63) is 46.2 Å². The van der Waals surface area contributed by atoms with E-state index < -0.39 is 10.9 Å². The Bertz CT molecular complexity index is 681. The summed E-state index contributed by atoms with van der Waals surface area (Å²) in [7, 11) is 1.23. The summed E-state index contributed by atoms with van der Waals surface area (Å²) >= 11 is 0. The van der Waals surface area contributed by atoms with Crippen LogP contribution in [0, 0.1) is 10.1 Å². The highest BCUT2D eigenvalue weighted by atomic mass is 16.6. The minimum absolute atomic E-state index is 0.00856. The molecular formula is C13H14N4O4. The minimum atomic E-state index is -0.650. The van der Waals surface area contributed by atoms with Crippen molar-refractivity contribution in [2.24, 2.45) is 0 Å². The summed E-state index contributed by atoms with van der Waals surface area (Å²) in [4.78, 5) is 30.4. The number of carbonyl (C=O) groups is 1. The lowest BCUT2D eigenvalue weighted by molar-refractivity contribution is -0.384. The highest BCUT2D eigenvalue weighted by molar-refractivity contribution is 5.87. The predicted octanol–water partition coefficient (Wildman–Crippen LogP) is 1.91. The van der Waals surface area contributed by atoms with Gasteiger partial charge in [-0.1, -0.05) is 6.92 Å². The number of methoxy groups -OCH3 is 1. The number of pyridine rings is 1. The van der Waals surface area contributed by atoms with Gasteiger partial charge in [0.25, 0.3) is 0 Å². The van der Waals surface area contributed by atoms with E-state index >= 15 is 0 Å². The average Bonchev–Trinajstić information content (AvgIpc) is 2.94. The van der Waals surface area contributed by atoms with E-state index in [1.807, 2.05) is 6.92 Å². The fourth-order valence-electron chi connectivity index (χ4n) is 1.91. The number of imidazole rings is 1. The fraction of sp³-hybridized carbons (Fsp3) is 0.308. The number of aromatic nitrogens is 3. The Kier molecular flexibility index (Phi) is 4.27. The van der Waals surface area contributed by atoms with Crippen molar-refractivity contribution in [3.8, 4) is 5.82 Å². The highest BCUT2D eigenvalue weighted by Gasteiger charge is 2.22. The van der Waals surface area contributed by atoms with Gasteiger partial charge in [-0.25, -0.2) is 14.8 Å². The van der Waals surface area contributed by atoms with Crippen molar-refractivity contribution in [2.45, 2.75) is 19.8 Å². The molecule has 110 valence electrons. The van der Waals surface area contributed by atoms with Crippen LogP contribution in [-0.2, 0) is 11.2 Å². The van der Waals surface area contributed by atoms with Crippen LogP contribution in [0.15, 0.2) is 24.5 Å². The van der Waals surface area contributed by atoms with Gasteiger partial charge in [-0.05, 0) is 12.5 Å². The number of hydrogen-bond acceptors (Lipinski definition) is 6. The van der Waals surface area contributed by atoms with Gasteiger partial charge in [0.2, 0.25) is 5.82 Å². The van der Waals surface area contributed by atoms with Crippen LogP contribution < -0.4 is 0 Å². The average molecular weight is 290 g/mol. The molecule has 0 aliphatic carbocycles. The van der Waals surface area contributed by atoms with E-state index in [2.05, 4.69) is 14.7 Å². The predicted molar refractivity (Wildman–Crippen MR) is 73.3 cm³/mol. The number of nitro groups is 1. The molecular weight excluding hydrogens is 276 g/mol. The summed E-state index contributed by atoms with van der Waals surface area (Å²) in [5.74, 6) is 0.0577. The Morgan fingerprint density at radius 2 is 2.24 bits per heavy atom. The van der Waals surface area contributed by atoms with Crippen LogP contribution >= 0.6 is 0 Å². The topological polar surface area (TPSA) is 100 Å². The van der Waals surface area contributed by atoms with Crippen molar-refractivity contribution in [2.75, 3.05) is 7.11 Å². The summed E-state index contributed by atoms with van der Waals surface area (Å²) < 4.78 is 6.11. The van der Waals surface area contributed by atoms with Gasteiger partial charge in [0.15, 0.2) is 5.69 Å². The van der Waals surface area contributed by atoms with Crippen molar-refractivity contribution in [1.29, 1.82) is 0 Å². The molecule has 0 bridgehead atoms. The molecule has 2 aromatic heterocycles. The SMILES string of the molecule is CCCc1nccn1-c1nc(C(=O)OC)ccc1[N+](=O)[O-]. The largest absolute Gasteiger partial charge is 0.464 e. The summed E-state index contributed by atoms with van der Waals surface area (Å²) in [6.45, 7) is 1.98. The zero-order valence-electron chi connectivity index (χ0n) is 11.6. The molecule has 0 atom stereocenters. The van der Waals surface area contributed by atoms with Crippen LogP contribution in [0.2, 0.25) is 0 Å². The van der Waals surface area contributed by atoms with E-state index in [9.17, 15) is 14.9 Å². The molecule has 0 saturated heterocycles. The van der Waals surface area contributed by atoms with E-state index in [0.717, 1.165) is 6.42 Å². The van der Waals surface area contributed by atoms with Gasteiger partial charge in [-0.15, -0.1) is 0 Å². The Morgan fingerprint density at radius 1 is 1.48 bits per heavy atom. The number of carbonyl (C=O) groups excluding carboxylic acids is 1. The Balaban J connectivity index is 2.60. The Labute approximate surface area is 120 Å². The maximum absolute atomic E-state index is 11.5.